The van der Waals surface area contributed by atoms with Crippen LogP contribution in [0.15, 0.2) is 63.6 Å². The molecule has 0 fully saturated rings. The lowest BCUT2D eigenvalue weighted by molar-refractivity contribution is 0.0694. The van der Waals surface area contributed by atoms with Gasteiger partial charge in [-0.3, -0.25) is 9.48 Å². The predicted molar refractivity (Wildman–Crippen MR) is 95.0 cm³/mol. The van der Waals surface area contributed by atoms with Crippen LogP contribution in [0.2, 0.25) is 0 Å². The summed E-state index contributed by atoms with van der Waals surface area (Å²) in [7, 11) is 1.74. The first-order valence-electron chi connectivity index (χ1n) is 7.72. The topological polar surface area (TPSA) is 109 Å². The zero-order valence-corrected chi connectivity index (χ0v) is 14.1. The Balaban J connectivity index is 2.04. The Morgan fingerprint density at radius 1 is 1.08 bits per heavy atom. The lowest BCUT2D eigenvalue weighted by Crippen LogP contribution is -2.19. The molecular formula is C18H16N4O4. The average molecular weight is 352 g/mol. The molecule has 0 amide bonds. The summed E-state index contributed by atoms with van der Waals surface area (Å²) >= 11 is 0. The van der Waals surface area contributed by atoms with Gasteiger partial charge in [-0.15, -0.1) is 5.11 Å². The number of carboxylic acid groups (broad SMARTS) is 1. The SMILES string of the molecule is Cc1c(N=Nc2ccc(O)c(C(=O)O)c2)c(=O)n(-c2ccccc2)n1C. The number of rotatable bonds is 4. The van der Waals surface area contributed by atoms with Crippen molar-refractivity contribution in [2.45, 2.75) is 6.92 Å². The lowest BCUT2D eigenvalue weighted by Gasteiger charge is -2.07. The number of para-hydroxylation sites is 1. The van der Waals surface area contributed by atoms with E-state index in [0.29, 0.717) is 11.4 Å². The van der Waals surface area contributed by atoms with Crippen molar-refractivity contribution >= 4 is 17.3 Å². The van der Waals surface area contributed by atoms with Gasteiger partial charge in [-0.2, -0.15) is 5.11 Å². The molecule has 0 bridgehead atoms. The van der Waals surface area contributed by atoms with Gasteiger partial charge in [0.05, 0.1) is 17.1 Å². The molecule has 2 aromatic carbocycles. The summed E-state index contributed by atoms with van der Waals surface area (Å²) in [5, 5.41) is 26.5. The number of phenols is 1. The third kappa shape index (κ3) is 3.00. The van der Waals surface area contributed by atoms with Gasteiger partial charge in [-0.25, -0.2) is 9.48 Å². The molecule has 8 heteroatoms. The summed E-state index contributed by atoms with van der Waals surface area (Å²) in [5.74, 6) is -1.64. The largest absolute Gasteiger partial charge is 0.507 e. The third-order valence-electron chi connectivity index (χ3n) is 4.00. The van der Waals surface area contributed by atoms with Crippen LogP contribution in [0.25, 0.3) is 5.69 Å². The highest BCUT2D eigenvalue weighted by Gasteiger charge is 2.16. The Morgan fingerprint density at radius 3 is 2.42 bits per heavy atom. The second-order valence-electron chi connectivity index (χ2n) is 5.62. The monoisotopic (exact) mass is 352 g/mol. The van der Waals surface area contributed by atoms with E-state index in [0.717, 1.165) is 0 Å². The number of carboxylic acids is 1. The fourth-order valence-corrected chi connectivity index (χ4v) is 2.53. The number of carbonyl (C=O) groups is 1. The van der Waals surface area contributed by atoms with E-state index in [9.17, 15) is 14.7 Å². The van der Waals surface area contributed by atoms with Gasteiger partial charge < -0.3 is 10.2 Å². The highest BCUT2D eigenvalue weighted by molar-refractivity contribution is 5.91. The van der Waals surface area contributed by atoms with Gasteiger partial charge in [-0.1, -0.05) is 18.2 Å². The van der Waals surface area contributed by atoms with Gasteiger partial charge >= 0.3 is 5.97 Å². The molecule has 3 rings (SSSR count). The Labute approximate surface area is 148 Å². The quantitative estimate of drug-likeness (QED) is 0.702. The van der Waals surface area contributed by atoms with E-state index in [-0.39, 0.29) is 28.2 Å². The van der Waals surface area contributed by atoms with Crippen molar-refractivity contribution in [1.29, 1.82) is 0 Å². The minimum atomic E-state index is -1.28. The van der Waals surface area contributed by atoms with Gasteiger partial charge in [0.1, 0.15) is 11.3 Å². The normalized spacial score (nSPS) is 11.2. The van der Waals surface area contributed by atoms with Gasteiger partial charge in [0.15, 0.2) is 5.69 Å². The summed E-state index contributed by atoms with van der Waals surface area (Å²) in [6.07, 6.45) is 0. The number of aromatic hydroxyl groups is 1. The van der Waals surface area contributed by atoms with E-state index in [1.165, 1.54) is 22.9 Å². The van der Waals surface area contributed by atoms with E-state index in [1.807, 2.05) is 18.2 Å². The molecule has 1 heterocycles. The zero-order valence-electron chi connectivity index (χ0n) is 14.1. The van der Waals surface area contributed by atoms with Crippen LogP contribution in [-0.4, -0.2) is 25.5 Å². The van der Waals surface area contributed by atoms with Crippen molar-refractivity contribution < 1.29 is 15.0 Å². The van der Waals surface area contributed by atoms with Crippen molar-refractivity contribution in [3.63, 3.8) is 0 Å². The molecule has 0 saturated carbocycles. The molecule has 0 radical (unpaired) electrons. The maximum absolute atomic E-state index is 12.7. The van der Waals surface area contributed by atoms with Crippen molar-refractivity contribution in [3.05, 3.63) is 70.1 Å². The molecular weight excluding hydrogens is 336 g/mol. The van der Waals surface area contributed by atoms with Crippen molar-refractivity contribution in [2.24, 2.45) is 17.3 Å². The number of nitrogens with zero attached hydrogens (tertiary/aromatic N) is 4. The van der Waals surface area contributed by atoms with E-state index in [4.69, 9.17) is 5.11 Å². The molecule has 0 saturated heterocycles. The Bertz CT molecular complexity index is 1060. The van der Waals surface area contributed by atoms with E-state index in [2.05, 4.69) is 10.2 Å². The molecule has 0 aliphatic carbocycles. The van der Waals surface area contributed by atoms with Gasteiger partial charge in [0.25, 0.3) is 5.56 Å². The minimum Gasteiger partial charge on any atom is -0.507 e. The molecule has 8 nitrogen and oxygen atoms in total. The molecule has 0 aliphatic heterocycles. The number of benzene rings is 2. The number of aromatic nitrogens is 2. The number of hydrogen-bond acceptors (Lipinski definition) is 5. The molecule has 0 spiro atoms. The van der Waals surface area contributed by atoms with E-state index < -0.39 is 5.97 Å². The second kappa shape index (κ2) is 6.67. The highest BCUT2D eigenvalue weighted by atomic mass is 16.4. The molecule has 0 aliphatic rings. The van der Waals surface area contributed by atoms with Crippen LogP contribution in [0.1, 0.15) is 16.1 Å². The van der Waals surface area contributed by atoms with Crippen LogP contribution in [0, 0.1) is 6.92 Å². The lowest BCUT2D eigenvalue weighted by atomic mass is 10.2. The molecule has 132 valence electrons. The molecule has 2 N–H and O–H groups in total. The van der Waals surface area contributed by atoms with Gasteiger partial charge in [0.2, 0.25) is 0 Å². The van der Waals surface area contributed by atoms with Crippen molar-refractivity contribution in [2.75, 3.05) is 0 Å². The van der Waals surface area contributed by atoms with Crippen LogP contribution >= 0.6 is 0 Å². The third-order valence-corrected chi connectivity index (χ3v) is 4.00. The van der Waals surface area contributed by atoms with Crippen molar-refractivity contribution in [1.82, 2.24) is 9.36 Å². The summed E-state index contributed by atoms with van der Waals surface area (Å²) in [6, 6.07) is 13.0. The second-order valence-corrected chi connectivity index (χ2v) is 5.62. The number of hydrogen-bond donors (Lipinski definition) is 2. The predicted octanol–water partition coefficient (Wildman–Crippen LogP) is 3.30. The molecule has 0 atom stereocenters. The first-order valence-corrected chi connectivity index (χ1v) is 7.72. The first kappa shape index (κ1) is 17.2. The van der Waals surface area contributed by atoms with Crippen LogP contribution in [0.5, 0.6) is 5.75 Å². The van der Waals surface area contributed by atoms with E-state index in [1.54, 1.807) is 30.8 Å². The fourth-order valence-electron chi connectivity index (χ4n) is 2.53. The fraction of sp³-hybridized carbons (Fsp3) is 0.111. The van der Waals surface area contributed by atoms with Gasteiger partial charge in [0, 0.05) is 7.05 Å². The molecule has 1 aromatic heterocycles. The van der Waals surface area contributed by atoms with E-state index >= 15 is 0 Å². The van der Waals surface area contributed by atoms with Crippen LogP contribution < -0.4 is 5.56 Å². The maximum Gasteiger partial charge on any atom is 0.339 e. The Hall–Kier alpha value is -3.68. The first-order chi connectivity index (χ1) is 12.4. The van der Waals surface area contributed by atoms with Crippen LogP contribution in [0.4, 0.5) is 11.4 Å². The van der Waals surface area contributed by atoms with Gasteiger partial charge in [-0.05, 0) is 37.3 Å². The Morgan fingerprint density at radius 2 is 1.77 bits per heavy atom. The van der Waals surface area contributed by atoms with Crippen molar-refractivity contribution in [3.8, 4) is 11.4 Å². The summed E-state index contributed by atoms with van der Waals surface area (Å²) in [5.41, 5.74) is 1.06. The van der Waals surface area contributed by atoms with Crippen LogP contribution in [-0.2, 0) is 7.05 Å². The molecule has 26 heavy (non-hydrogen) atoms. The summed E-state index contributed by atoms with van der Waals surface area (Å²) < 4.78 is 3.15. The molecule has 0 unspecified atom stereocenters. The summed E-state index contributed by atoms with van der Waals surface area (Å²) in [6.45, 7) is 1.74. The smallest absolute Gasteiger partial charge is 0.339 e. The summed E-state index contributed by atoms with van der Waals surface area (Å²) in [4.78, 5) is 23.8. The highest BCUT2D eigenvalue weighted by Crippen LogP contribution is 2.25. The number of azo groups is 1. The molecule has 3 aromatic rings. The minimum absolute atomic E-state index is 0.154. The standard InChI is InChI=1S/C18H16N4O4/c1-11-16(17(24)22(21(11)2)13-6-4-3-5-7-13)20-19-12-8-9-15(23)14(10-12)18(25)26/h3-10,23H,1-2H3,(H,25,26). The zero-order chi connectivity index (χ0) is 18.8. The van der Waals surface area contributed by atoms with Crippen LogP contribution in [0.3, 0.4) is 0 Å². The maximum atomic E-state index is 12.7. The Kier molecular flexibility index (Phi) is 4.40. The number of aromatic carboxylic acids is 1. The average Bonchev–Trinajstić information content (AvgIpc) is 2.84.